The fourth-order valence-electron chi connectivity index (χ4n) is 2.39. The molecule has 5 heteroatoms. The molecule has 110 valence electrons. The second-order valence-electron chi connectivity index (χ2n) is 4.88. The molecule has 0 radical (unpaired) electrons. The van der Waals surface area contributed by atoms with E-state index in [1.165, 1.54) is 11.3 Å². The number of nitrogens with one attached hydrogen (secondary N) is 1. The van der Waals surface area contributed by atoms with Crippen molar-refractivity contribution in [2.45, 2.75) is 26.9 Å². The Kier molecular flexibility index (Phi) is 4.22. The first kappa shape index (κ1) is 14.1. The monoisotopic (exact) mass is 301 g/mol. The van der Waals surface area contributed by atoms with Gasteiger partial charge in [-0.1, -0.05) is 12.1 Å². The standard InChI is InChI=1S/C16H19N3OS/c1-3-20-14-6-4-5-13(9-14)10-17-11-15-12(2)18-16-19(15)7-8-21-16/h4-9,17H,3,10-11H2,1-2H3. The summed E-state index contributed by atoms with van der Waals surface area (Å²) in [5.74, 6) is 0.928. The number of ether oxygens (including phenoxy) is 1. The number of thiazole rings is 1. The van der Waals surface area contributed by atoms with Gasteiger partial charge in [-0.25, -0.2) is 4.98 Å². The van der Waals surface area contributed by atoms with E-state index in [0.29, 0.717) is 6.61 Å². The zero-order chi connectivity index (χ0) is 14.7. The van der Waals surface area contributed by atoms with Crippen LogP contribution in [-0.2, 0) is 13.1 Å². The van der Waals surface area contributed by atoms with Crippen molar-refractivity contribution in [3.8, 4) is 5.75 Å². The third kappa shape index (κ3) is 3.09. The second-order valence-corrected chi connectivity index (χ2v) is 5.76. The van der Waals surface area contributed by atoms with Crippen LogP contribution in [0.3, 0.4) is 0 Å². The number of imidazole rings is 1. The van der Waals surface area contributed by atoms with Crippen LogP contribution >= 0.6 is 11.3 Å². The van der Waals surface area contributed by atoms with E-state index in [9.17, 15) is 0 Å². The lowest BCUT2D eigenvalue weighted by atomic mass is 10.2. The molecule has 2 heterocycles. The lowest BCUT2D eigenvalue weighted by molar-refractivity contribution is 0.340. The summed E-state index contributed by atoms with van der Waals surface area (Å²) in [6.45, 7) is 6.38. The van der Waals surface area contributed by atoms with E-state index >= 15 is 0 Å². The summed E-state index contributed by atoms with van der Waals surface area (Å²) < 4.78 is 7.68. The smallest absolute Gasteiger partial charge is 0.194 e. The summed E-state index contributed by atoms with van der Waals surface area (Å²) in [6.07, 6.45) is 2.08. The topological polar surface area (TPSA) is 38.6 Å². The van der Waals surface area contributed by atoms with Gasteiger partial charge in [0.15, 0.2) is 4.96 Å². The maximum absolute atomic E-state index is 5.52. The van der Waals surface area contributed by atoms with Crippen LogP contribution in [-0.4, -0.2) is 16.0 Å². The summed E-state index contributed by atoms with van der Waals surface area (Å²) in [7, 11) is 0. The molecule has 0 unspecified atom stereocenters. The largest absolute Gasteiger partial charge is 0.494 e. The zero-order valence-electron chi connectivity index (χ0n) is 12.3. The van der Waals surface area contributed by atoms with Gasteiger partial charge in [0, 0.05) is 24.7 Å². The Labute approximate surface area is 128 Å². The van der Waals surface area contributed by atoms with Gasteiger partial charge in [0.05, 0.1) is 18.0 Å². The number of hydrogen-bond donors (Lipinski definition) is 1. The van der Waals surface area contributed by atoms with Crippen molar-refractivity contribution in [2.75, 3.05) is 6.61 Å². The molecule has 4 nitrogen and oxygen atoms in total. The van der Waals surface area contributed by atoms with Gasteiger partial charge in [-0.15, -0.1) is 11.3 Å². The van der Waals surface area contributed by atoms with E-state index in [0.717, 1.165) is 29.5 Å². The van der Waals surface area contributed by atoms with Crippen LogP contribution in [0.25, 0.3) is 4.96 Å². The molecule has 0 spiro atoms. The highest BCUT2D eigenvalue weighted by molar-refractivity contribution is 7.15. The number of hydrogen-bond acceptors (Lipinski definition) is 4. The van der Waals surface area contributed by atoms with Gasteiger partial charge in [-0.2, -0.15) is 0 Å². The molecule has 0 saturated carbocycles. The molecule has 3 rings (SSSR count). The Morgan fingerprint density at radius 2 is 2.24 bits per heavy atom. The van der Waals surface area contributed by atoms with Crippen molar-refractivity contribution in [2.24, 2.45) is 0 Å². The van der Waals surface area contributed by atoms with Crippen LogP contribution in [0.15, 0.2) is 35.8 Å². The molecule has 21 heavy (non-hydrogen) atoms. The van der Waals surface area contributed by atoms with E-state index in [4.69, 9.17) is 4.74 Å². The minimum Gasteiger partial charge on any atom is -0.494 e. The van der Waals surface area contributed by atoms with Gasteiger partial charge >= 0.3 is 0 Å². The minimum atomic E-state index is 0.696. The van der Waals surface area contributed by atoms with Gasteiger partial charge in [0.1, 0.15) is 5.75 Å². The number of fused-ring (bicyclic) bond motifs is 1. The highest BCUT2D eigenvalue weighted by atomic mass is 32.1. The second kappa shape index (κ2) is 6.28. The molecule has 0 bridgehead atoms. The average molecular weight is 301 g/mol. The third-order valence-electron chi connectivity index (χ3n) is 3.39. The summed E-state index contributed by atoms with van der Waals surface area (Å²) in [4.78, 5) is 5.62. The quantitative estimate of drug-likeness (QED) is 0.758. The number of rotatable bonds is 6. The van der Waals surface area contributed by atoms with Crippen molar-refractivity contribution in [3.05, 3.63) is 52.8 Å². The first-order valence-corrected chi connectivity index (χ1v) is 7.99. The molecular weight excluding hydrogens is 282 g/mol. The highest BCUT2D eigenvalue weighted by Gasteiger charge is 2.08. The van der Waals surface area contributed by atoms with Gasteiger partial charge < -0.3 is 10.1 Å². The van der Waals surface area contributed by atoms with Crippen molar-refractivity contribution >= 4 is 16.3 Å². The summed E-state index contributed by atoms with van der Waals surface area (Å²) in [5, 5.41) is 5.55. The molecule has 0 fully saturated rings. The molecule has 3 aromatic rings. The van der Waals surface area contributed by atoms with Crippen LogP contribution in [0.4, 0.5) is 0 Å². The van der Waals surface area contributed by atoms with Crippen molar-refractivity contribution in [1.82, 2.24) is 14.7 Å². The summed E-state index contributed by atoms with van der Waals surface area (Å²) in [5.41, 5.74) is 3.55. The van der Waals surface area contributed by atoms with Crippen LogP contribution in [0, 0.1) is 6.92 Å². The number of aromatic nitrogens is 2. The zero-order valence-corrected chi connectivity index (χ0v) is 13.1. The van der Waals surface area contributed by atoms with E-state index < -0.39 is 0 Å². The van der Waals surface area contributed by atoms with E-state index in [-0.39, 0.29) is 0 Å². The predicted octanol–water partition coefficient (Wildman–Crippen LogP) is 3.39. The molecule has 0 aliphatic rings. The Morgan fingerprint density at radius 3 is 3.10 bits per heavy atom. The summed E-state index contributed by atoms with van der Waals surface area (Å²) >= 11 is 1.67. The molecule has 0 amide bonds. The minimum absolute atomic E-state index is 0.696. The number of benzene rings is 1. The van der Waals surface area contributed by atoms with E-state index in [1.54, 1.807) is 11.3 Å². The fourth-order valence-corrected chi connectivity index (χ4v) is 3.17. The van der Waals surface area contributed by atoms with Gasteiger partial charge in [-0.3, -0.25) is 4.40 Å². The fraction of sp³-hybridized carbons (Fsp3) is 0.312. The summed E-state index contributed by atoms with van der Waals surface area (Å²) in [6, 6.07) is 8.21. The first-order chi connectivity index (χ1) is 10.3. The van der Waals surface area contributed by atoms with Crippen LogP contribution < -0.4 is 10.1 Å². The lowest BCUT2D eigenvalue weighted by Crippen LogP contribution is -2.14. The maximum atomic E-state index is 5.52. The normalized spacial score (nSPS) is 11.1. The van der Waals surface area contributed by atoms with Gasteiger partial charge in [-0.05, 0) is 31.5 Å². The lowest BCUT2D eigenvalue weighted by Gasteiger charge is -2.08. The van der Waals surface area contributed by atoms with E-state index in [1.807, 2.05) is 19.1 Å². The molecule has 1 N–H and O–H groups in total. The molecule has 0 atom stereocenters. The number of nitrogens with zero attached hydrogens (tertiary/aromatic N) is 2. The Balaban J connectivity index is 1.64. The molecule has 1 aromatic carbocycles. The predicted molar refractivity (Wildman–Crippen MR) is 86.0 cm³/mol. The van der Waals surface area contributed by atoms with Crippen molar-refractivity contribution < 1.29 is 4.74 Å². The molecular formula is C16H19N3OS. The van der Waals surface area contributed by atoms with Crippen LogP contribution in [0.2, 0.25) is 0 Å². The van der Waals surface area contributed by atoms with Crippen molar-refractivity contribution in [3.63, 3.8) is 0 Å². The molecule has 0 aliphatic heterocycles. The number of aryl methyl sites for hydroxylation is 1. The third-order valence-corrected chi connectivity index (χ3v) is 4.15. The molecule has 2 aromatic heterocycles. The highest BCUT2D eigenvalue weighted by Crippen LogP contribution is 2.17. The van der Waals surface area contributed by atoms with Gasteiger partial charge in [0.2, 0.25) is 0 Å². The van der Waals surface area contributed by atoms with Crippen molar-refractivity contribution in [1.29, 1.82) is 0 Å². The maximum Gasteiger partial charge on any atom is 0.194 e. The Bertz CT molecular complexity index is 732. The SMILES string of the molecule is CCOc1cccc(CNCc2c(C)nc3sccn23)c1. The van der Waals surface area contributed by atoms with Gasteiger partial charge in [0.25, 0.3) is 0 Å². The first-order valence-electron chi connectivity index (χ1n) is 7.11. The Morgan fingerprint density at radius 1 is 1.33 bits per heavy atom. The average Bonchev–Trinajstić information content (AvgIpc) is 3.02. The van der Waals surface area contributed by atoms with Crippen LogP contribution in [0.1, 0.15) is 23.9 Å². The molecule has 0 aliphatic carbocycles. The van der Waals surface area contributed by atoms with Crippen LogP contribution in [0.5, 0.6) is 5.75 Å². The molecule has 0 saturated heterocycles. The van der Waals surface area contributed by atoms with E-state index in [2.05, 4.69) is 45.3 Å². The Hall–Kier alpha value is -1.85.